The van der Waals surface area contributed by atoms with Gasteiger partial charge in [-0.3, -0.25) is 19.3 Å². The number of hydrogen-bond donors (Lipinski definition) is 1. The number of imide groups is 2. The van der Waals surface area contributed by atoms with Gasteiger partial charge in [0.05, 0.1) is 17.9 Å². The van der Waals surface area contributed by atoms with E-state index in [1.54, 1.807) is 0 Å². The van der Waals surface area contributed by atoms with Crippen LogP contribution in [-0.4, -0.2) is 66.5 Å². The van der Waals surface area contributed by atoms with Gasteiger partial charge in [-0.25, -0.2) is 9.69 Å². The third-order valence-electron chi connectivity index (χ3n) is 4.03. The average molecular weight is 431 g/mol. The number of rotatable bonds is 8. The SMILES string of the molecule is COCCOc1ccc(C(F)(F)F)cc1NC(=O)CN1C(=O)C(=O)N(C(C)C)C1=O. The van der Waals surface area contributed by atoms with Crippen LogP contribution in [0.4, 0.5) is 23.7 Å². The summed E-state index contributed by atoms with van der Waals surface area (Å²) in [5.41, 5.74) is -1.34. The van der Waals surface area contributed by atoms with Crippen LogP contribution >= 0.6 is 0 Å². The first-order valence-electron chi connectivity index (χ1n) is 8.79. The molecule has 1 fully saturated rings. The van der Waals surface area contributed by atoms with Gasteiger partial charge >= 0.3 is 24.0 Å². The third kappa shape index (κ3) is 5.06. The summed E-state index contributed by atoms with van der Waals surface area (Å²) in [6, 6.07) is 0.899. The maximum atomic E-state index is 13.0. The molecular weight excluding hydrogens is 411 g/mol. The van der Waals surface area contributed by atoms with Crippen molar-refractivity contribution < 1.29 is 41.8 Å². The van der Waals surface area contributed by atoms with Crippen molar-refractivity contribution in [3.63, 3.8) is 0 Å². The standard InChI is InChI=1S/C18H20F3N3O6/c1-10(2)24-16(27)15(26)23(17(24)28)9-14(25)22-12-8-11(18(19,20)21)4-5-13(12)30-7-6-29-3/h4-5,8,10H,6-7,9H2,1-3H3,(H,22,25). The van der Waals surface area contributed by atoms with E-state index in [9.17, 15) is 32.3 Å². The van der Waals surface area contributed by atoms with E-state index in [-0.39, 0.29) is 24.7 Å². The van der Waals surface area contributed by atoms with Crippen LogP contribution < -0.4 is 10.1 Å². The molecule has 0 aliphatic carbocycles. The molecule has 1 saturated heterocycles. The summed E-state index contributed by atoms with van der Waals surface area (Å²) in [4.78, 5) is 49.6. The lowest BCUT2D eigenvalue weighted by Crippen LogP contribution is -2.40. The van der Waals surface area contributed by atoms with Crippen molar-refractivity contribution in [2.24, 2.45) is 0 Å². The summed E-state index contributed by atoms with van der Waals surface area (Å²) in [5, 5.41) is 2.20. The molecular formula is C18H20F3N3O6. The number of anilines is 1. The minimum Gasteiger partial charge on any atom is -0.489 e. The molecule has 0 saturated carbocycles. The molecule has 1 aliphatic rings. The van der Waals surface area contributed by atoms with Crippen molar-refractivity contribution >= 4 is 29.4 Å². The first-order chi connectivity index (χ1) is 14.0. The number of amides is 5. The van der Waals surface area contributed by atoms with Gasteiger partial charge in [-0.05, 0) is 32.0 Å². The molecule has 1 N–H and O–H groups in total. The van der Waals surface area contributed by atoms with E-state index in [0.717, 1.165) is 12.1 Å². The van der Waals surface area contributed by atoms with Crippen molar-refractivity contribution in [1.29, 1.82) is 0 Å². The van der Waals surface area contributed by atoms with Gasteiger partial charge in [0.25, 0.3) is 0 Å². The second-order valence-electron chi connectivity index (χ2n) is 6.54. The molecule has 1 aromatic rings. The van der Waals surface area contributed by atoms with Crippen LogP contribution in [0, 0.1) is 0 Å². The number of ether oxygens (including phenoxy) is 2. The predicted octanol–water partition coefficient (Wildman–Crippen LogP) is 1.87. The van der Waals surface area contributed by atoms with Crippen LogP contribution in [0.25, 0.3) is 0 Å². The average Bonchev–Trinajstić information content (AvgIpc) is 2.85. The molecule has 5 amide bonds. The minimum absolute atomic E-state index is 0.00564. The van der Waals surface area contributed by atoms with E-state index in [1.165, 1.54) is 21.0 Å². The quantitative estimate of drug-likeness (QED) is 0.383. The lowest BCUT2D eigenvalue weighted by molar-refractivity contribution is -0.144. The Kier molecular flexibility index (Phi) is 7.03. The summed E-state index contributed by atoms with van der Waals surface area (Å²) >= 11 is 0. The normalized spacial score (nSPS) is 14.7. The number of nitrogens with one attached hydrogen (secondary N) is 1. The molecule has 0 atom stereocenters. The Balaban J connectivity index is 2.21. The zero-order valence-electron chi connectivity index (χ0n) is 16.4. The fourth-order valence-electron chi connectivity index (χ4n) is 2.62. The Labute approximate surface area is 169 Å². The van der Waals surface area contributed by atoms with Crippen LogP contribution in [0.1, 0.15) is 19.4 Å². The monoisotopic (exact) mass is 431 g/mol. The van der Waals surface area contributed by atoms with E-state index >= 15 is 0 Å². The largest absolute Gasteiger partial charge is 0.489 e. The highest BCUT2D eigenvalue weighted by Gasteiger charge is 2.46. The van der Waals surface area contributed by atoms with Gasteiger partial charge in [0.1, 0.15) is 18.9 Å². The molecule has 0 bridgehead atoms. The van der Waals surface area contributed by atoms with Crippen molar-refractivity contribution in [1.82, 2.24) is 9.80 Å². The number of carbonyl (C=O) groups is 4. The Morgan fingerprint density at radius 3 is 2.33 bits per heavy atom. The fourth-order valence-corrected chi connectivity index (χ4v) is 2.62. The Morgan fingerprint density at radius 1 is 1.13 bits per heavy atom. The Bertz CT molecular complexity index is 856. The summed E-state index contributed by atoms with van der Waals surface area (Å²) in [7, 11) is 1.41. The summed E-state index contributed by atoms with van der Waals surface area (Å²) in [6.45, 7) is 2.34. The predicted molar refractivity (Wildman–Crippen MR) is 96.5 cm³/mol. The highest BCUT2D eigenvalue weighted by Crippen LogP contribution is 2.35. The zero-order chi connectivity index (χ0) is 22.6. The number of urea groups is 1. The molecule has 30 heavy (non-hydrogen) atoms. The van der Waals surface area contributed by atoms with Gasteiger partial charge in [0.15, 0.2) is 0 Å². The lowest BCUT2D eigenvalue weighted by atomic mass is 10.1. The van der Waals surface area contributed by atoms with Gasteiger partial charge in [-0.2, -0.15) is 13.2 Å². The van der Waals surface area contributed by atoms with Crippen LogP contribution in [0.15, 0.2) is 18.2 Å². The van der Waals surface area contributed by atoms with Crippen molar-refractivity contribution in [2.45, 2.75) is 26.1 Å². The number of methoxy groups -OCH3 is 1. The molecule has 1 heterocycles. The summed E-state index contributed by atoms with van der Waals surface area (Å²) in [6.07, 6.45) is -4.67. The van der Waals surface area contributed by atoms with E-state index in [2.05, 4.69) is 5.32 Å². The lowest BCUT2D eigenvalue weighted by Gasteiger charge is -2.19. The number of benzene rings is 1. The van der Waals surface area contributed by atoms with Crippen LogP contribution in [0.3, 0.4) is 0 Å². The molecule has 9 nitrogen and oxygen atoms in total. The summed E-state index contributed by atoms with van der Waals surface area (Å²) < 4.78 is 49.2. The van der Waals surface area contributed by atoms with Crippen LogP contribution in [-0.2, 0) is 25.3 Å². The maximum absolute atomic E-state index is 13.0. The van der Waals surface area contributed by atoms with Crippen molar-refractivity contribution in [2.75, 3.05) is 32.2 Å². The molecule has 12 heteroatoms. The van der Waals surface area contributed by atoms with Crippen LogP contribution in [0.5, 0.6) is 5.75 Å². The molecule has 0 unspecified atom stereocenters. The Morgan fingerprint density at radius 2 is 1.80 bits per heavy atom. The van der Waals surface area contributed by atoms with E-state index in [0.29, 0.717) is 15.9 Å². The fraction of sp³-hybridized carbons (Fsp3) is 0.444. The molecule has 2 rings (SSSR count). The zero-order valence-corrected chi connectivity index (χ0v) is 16.4. The maximum Gasteiger partial charge on any atom is 0.416 e. The van der Waals surface area contributed by atoms with E-state index in [1.807, 2.05) is 0 Å². The van der Waals surface area contributed by atoms with Gasteiger partial charge in [0.2, 0.25) is 5.91 Å². The smallest absolute Gasteiger partial charge is 0.416 e. The highest BCUT2D eigenvalue weighted by molar-refractivity contribution is 6.45. The second kappa shape index (κ2) is 9.11. The molecule has 0 aromatic heterocycles. The van der Waals surface area contributed by atoms with Gasteiger partial charge in [-0.15, -0.1) is 0 Å². The van der Waals surface area contributed by atoms with Crippen molar-refractivity contribution in [3.8, 4) is 5.75 Å². The van der Waals surface area contributed by atoms with Gasteiger partial charge in [-0.1, -0.05) is 0 Å². The molecule has 1 aliphatic heterocycles. The first-order valence-corrected chi connectivity index (χ1v) is 8.79. The molecule has 164 valence electrons. The molecule has 0 radical (unpaired) electrons. The number of hydrogen-bond acceptors (Lipinski definition) is 6. The highest BCUT2D eigenvalue weighted by atomic mass is 19.4. The van der Waals surface area contributed by atoms with Gasteiger partial charge < -0.3 is 14.8 Å². The number of nitrogens with zero attached hydrogens (tertiary/aromatic N) is 2. The first kappa shape index (κ1) is 23.1. The Hall–Kier alpha value is -3.15. The molecule has 0 spiro atoms. The summed E-state index contributed by atoms with van der Waals surface area (Å²) in [5.74, 6) is -3.31. The van der Waals surface area contributed by atoms with E-state index < -0.39 is 48.1 Å². The van der Waals surface area contributed by atoms with E-state index in [4.69, 9.17) is 9.47 Å². The van der Waals surface area contributed by atoms with Gasteiger partial charge in [0, 0.05) is 13.2 Å². The van der Waals surface area contributed by atoms with Crippen molar-refractivity contribution in [3.05, 3.63) is 23.8 Å². The third-order valence-corrected chi connectivity index (χ3v) is 4.03. The second-order valence-corrected chi connectivity index (χ2v) is 6.54. The topological polar surface area (TPSA) is 105 Å². The minimum atomic E-state index is -4.67. The number of alkyl halides is 3. The van der Waals surface area contributed by atoms with Crippen LogP contribution in [0.2, 0.25) is 0 Å². The number of halogens is 3. The molecule has 1 aromatic carbocycles. The number of carbonyl (C=O) groups excluding carboxylic acids is 4.